The molecule has 0 aliphatic rings. The van der Waals surface area contributed by atoms with E-state index in [1.54, 1.807) is 11.1 Å². The van der Waals surface area contributed by atoms with Crippen molar-refractivity contribution in [1.29, 1.82) is 0 Å². The highest BCUT2D eigenvalue weighted by Crippen LogP contribution is 2.14. The zero-order chi connectivity index (χ0) is 14.7. The third-order valence-corrected chi connectivity index (χ3v) is 3.46. The third kappa shape index (κ3) is 2.90. The van der Waals surface area contributed by atoms with E-state index in [0.29, 0.717) is 6.54 Å². The molecule has 106 valence electrons. The molecule has 1 heterocycles. The minimum Gasteiger partial charge on any atom is -0.336 e. The fourth-order valence-corrected chi connectivity index (χ4v) is 2.35. The lowest BCUT2D eigenvalue weighted by atomic mass is 10.0. The quantitative estimate of drug-likeness (QED) is 0.857. The lowest BCUT2D eigenvalue weighted by molar-refractivity contribution is 0.0781. The number of benzene rings is 1. The first-order chi connectivity index (χ1) is 9.52. The van der Waals surface area contributed by atoms with Crippen LogP contribution in [-0.2, 0) is 13.1 Å². The Kier molecular flexibility index (Phi) is 4.23. The Bertz CT molecular complexity index is 616. The van der Waals surface area contributed by atoms with Crippen molar-refractivity contribution in [3.8, 4) is 0 Å². The van der Waals surface area contributed by atoms with Crippen molar-refractivity contribution in [2.24, 2.45) is 0 Å². The molecular formula is C16H21N3O. The first-order valence-corrected chi connectivity index (χ1v) is 6.86. The lowest BCUT2D eigenvalue weighted by Crippen LogP contribution is -2.28. The van der Waals surface area contributed by atoms with Crippen molar-refractivity contribution < 1.29 is 4.79 Å². The Labute approximate surface area is 120 Å². The van der Waals surface area contributed by atoms with Gasteiger partial charge in [0.1, 0.15) is 0 Å². The molecule has 0 saturated heterocycles. The summed E-state index contributed by atoms with van der Waals surface area (Å²) in [5.74, 6) is 0.0475. The number of hydrogen-bond acceptors (Lipinski definition) is 2. The summed E-state index contributed by atoms with van der Waals surface area (Å²) >= 11 is 0. The van der Waals surface area contributed by atoms with E-state index in [9.17, 15) is 4.79 Å². The zero-order valence-electron chi connectivity index (χ0n) is 12.6. The van der Waals surface area contributed by atoms with Crippen LogP contribution in [0.15, 0.2) is 30.5 Å². The fraction of sp³-hybridized carbons (Fsp3) is 0.375. The molecule has 0 spiro atoms. The Morgan fingerprint density at radius 2 is 2.05 bits per heavy atom. The number of amides is 1. The second-order valence-corrected chi connectivity index (χ2v) is 5.12. The van der Waals surface area contributed by atoms with Crippen molar-refractivity contribution in [3.05, 3.63) is 52.8 Å². The van der Waals surface area contributed by atoms with Crippen LogP contribution >= 0.6 is 0 Å². The van der Waals surface area contributed by atoms with Crippen molar-refractivity contribution >= 4 is 5.91 Å². The first kappa shape index (κ1) is 14.3. The molecule has 4 heteroatoms. The topological polar surface area (TPSA) is 38.1 Å². The molecule has 0 N–H and O–H groups in total. The van der Waals surface area contributed by atoms with Crippen LogP contribution in [0.5, 0.6) is 0 Å². The number of aromatic nitrogens is 2. The molecule has 0 aliphatic heterocycles. The number of aryl methyl sites for hydroxylation is 3. The molecule has 0 fully saturated rings. The van der Waals surface area contributed by atoms with Crippen LogP contribution in [0.2, 0.25) is 0 Å². The highest BCUT2D eigenvalue weighted by Gasteiger charge is 2.15. The van der Waals surface area contributed by atoms with Gasteiger partial charge in [0.25, 0.3) is 5.91 Å². The lowest BCUT2D eigenvalue weighted by Gasteiger charge is -2.19. The van der Waals surface area contributed by atoms with E-state index in [0.717, 1.165) is 23.4 Å². The number of rotatable bonds is 4. The molecule has 1 aromatic heterocycles. The molecule has 0 unspecified atom stereocenters. The largest absolute Gasteiger partial charge is 0.336 e. The average Bonchev–Trinajstić information content (AvgIpc) is 2.85. The highest BCUT2D eigenvalue weighted by atomic mass is 16.2. The summed E-state index contributed by atoms with van der Waals surface area (Å²) in [7, 11) is 1.83. The van der Waals surface area contributed by atoms with Gasteiger partial charge >= 0.3 is 0 Å². The second-order valence-electron chi connectivity index (χ2n) is 5.12. The summed E-state index contributed by atoms with van der Waals surface area (Å²) in [6.45, 7) is 7.44. The van der Waals surface area contributed by atoms with Crippen LogP contribution in [0.4, 0.5) is 0 Å². The molecule has 0 saturated carbocycles. The molecule has 0 aliphatic carbocycles. The van der Waals surface area contributed by atoms with E-state index in [4.69, 9.17) is 0 Å². The van der Waals surface area contributed by atoms with Crippen molar-refractivity contribution in [2.75, 3.05) is 7.05 Å². The number of hydrogen-bond donors (Lipinski definition) is 0. The molecule has 2 rings (SSSR count). The van der Waals surface area contributed by atoms with Crippen molar-refractivity contribution in [2.45, 2.75) is 33.9 Å². The summed E-state index contributed by atoms with van der Waals surface area (Å²) in [5.41, 5.74) is 4.00. The average molecular weight is 271 g/mol. The van der Waals surface area contributed by atoms with E-state index in [1.165, 1.54) is 5.56 Å². The van der Waals surface area contributed by atoms with Crippen LogP contribution in [-0.4, -0.2) is 27.6 Å². The predicted octanol–water partition coefficient (Wildman–Crippen LogP) is 2.79. The minimum atomic E-state index is 0.0475. The van der Waals surface area contributed by atoms with Crippen LogP contribution in [0.25, 0.3) is 0 Å². The fourth-order valence-electron chi connectivity index (χ4n) is 2.35. The number of carbonyl (C=O) groups is 1. The van der Waals surface area contributed by atoms with Gasteiger partial charge in [0.05, 0.1) is 12.2 Å². The number of carbonyl (C=O) groups excluding carboxylic acids is 1. The molecule has 20 heavy (non-hydrogen) atoms. The summed E-state index contributed by atoms with van der Waals surface area (Å²) in [6, 6.07) is 7.87. The van der Waals surface area contributed by atoms with E-state index in [2.05, 4.69) is 5.10 Å². The summed E-state index contributed by atoms with van der Waals surface area (Å²) < 4.78 is 1.91. The van der Waals surface area contributed by atoms with Gasteiger partial charge in [-0.3, -0.25) is 9.48 Å². The second kappa shape index (κ2) is 5.90. The van der Waals surface area contributed by atoms with Crippen LogP contribution in [0.3, 0.4) is 0 Å². The van der Waals surface area contributed by atoms with Crippen LogP contribution in [0.1, 0.15) is 34.1 Å². The molecule has 1 aromatic carbocycles. The van der Waals surface area contributed by atoms with Crippen LogP contribution in [0, 0.1) is 13.8 Å². The van der Waals surface area contributed by atoms with Crippen molar-refractivity contribution in [1.82, 2.24) is 14.7 Å². The van der Waals surface area contributed by atoms with Gasteiger partial charge in [-0.25, -0.2) is 0 Å². The standard InChI is InChI=1S/C16H21N3O/c1-5-19-14(8-9-17-19)11-18(4)16(20)15-7-6-12(2)10-13(15)3/h6-10H,5,11H2,1-4H3. The van der Waals surface area contributed by atoms with Gasteiger partial charge in [0, 0.05) is 25.4 Å². The summed E-state index contributed by atoms with van der Waals surface area (Å²) in [5, 5.41) is 4.23. The molecule has 0 radical (unpaired) electrons. The molecule has 2 aromatic rings. The molecule has 4 nitrogen and oxygen atoms in total. The normalized spacial score (nSPS) is 10.6. The number of nitrogens with zero attached hydrogens (tertiary/aromatic N) is 3. The van der Waals surface area contributed by atoms with E-state index in [1.807, 2.05) is 56.8 Å². The predicted molar refractivity (Wildman–Crippen MR) is 79.6 cm³/mol. The van der Waals surface area contributed by atoms with Gasteiger partial charge in [-0.1, -0.05) is 17.7 Å². The molecule has 0 bridgehead atoms. The maximum absolute atomic E-state index is 12.5. The van der Waals surface area contributed by atoms with E-state index in [-0.39, 0.29) is 5.91 Å². The van der Waals surface area contributed by atoms with Crippen LogP contribution < -0.4 is 0 Å². The summed E-state index contributed by atoms with van der Waals surface area (Å²) in [6.07, 6.45) is 1.77. The monoisotopic (exact) mass is 271 g/mol. The van der Waals surface area contributed by atoms with Crippen molar-refractivity contribution in [3.63, 3.8) is 0 Å². The Balaban J connectivity index is 2.16. The Morgan fingerprint density at radius 1 is 1.30 bits per heavy atom. The smallest absolute Gasteiger partial charge is 0.254 e. The maximum atomic E-state index is 12.5. The van der Waals surface area contributed by atoms with Gasteiger partial charge in [-0.15, -0.1) is 0 Å². The highest BCUT2D eigenvalue weighted by molar-refractivity contribution is 5.95. The van der Waals surface area contributed by atoms with Gasteiger partial charge in [-0.05, 0) is 38.5 Å². The minimum absolute atomic E-state index is 0.0475. The molecule has 1 amide bonds. The molecule has 0 atom stereocenters. The van der Waals surface area contributed by atoms with E-state index < -0.39 is 0 Å². The Morgan fingerprint density at radius 3 is 2.70 bits per heavy atom. The van der Waals surface area contributed by atoms with Gasteiger partial charge in [-0.2, -0.15) is 5.10 Å². The SMILES string of the molecule is CCn1nccc1CN(C)C(=O)c1ccc(C)cc1C. The van der Waals surface area contributed by atoms with Gasteiger partial charge in [0.15, 0.2) is 0 Å². The molecular weight excluding hydrogens is 250 g/mol. The maximum Gasteiger partial charge on any atom is 0.254 e. The Hall–Kier alpha value is -2.10. The summed E-state index contributed by atoms with van der Waals surface area (Å²) in [4.78, 5) is 14.2. The van der Waals surface area contributed by atoms with Gasteiger partial charge < -0.3 is 4.90 Å². The van der Waals surface area contributed by atoms with Gasteiger partial charge in [0.2, 0.25) is 0 Å². The third-order valence-electron chi connectivity index (χ3n) is 3.46. The van der Waals surface area contributed by atoms with E-state index >= 15 is 0 Å². The zero-order valence-corrected chi connectivity index (χ0v) is 12.6. The first-order valence-electron chi connectivity index (χ1n) is 6.86.